The molecule has 96 valence electrons. The van der Waals surface area contributed by atoms with Gasteiger partial charge in [0.1, 0.15) is 0 Å². The first-order chi connectivity index (χ1) is 7.50. The van der Waals surface area contributed by atoms with Crippen LogP contribution in [0.2, 0.25) is 0 Å². The Morgan fingerprint density at radius 1 is 1.56 bits per heavy atom. The van der Waals surface area contributed by atoms with E-state index in [0.29, 0.717) is 26.3 Å². The van der Waals surface area contributed by atoms with E-state index in [4.69, 9.17) is 4.74 Å². The Morgan fingerprint density at radius 2 is 2.25 bits per heavy atom. The maximum atomic E-state index is 12.2. The van der Waals surface area contributed by atoms with E-state index in [-0.39, 0.29) is 11.3 Å². The van der Waals surface area contributed by atoms with Crippen LogP contribution in [-0.2, 0) is 14.8 Å². The molecule has 0 aliphatic carbocycles. The number of nitrogens with one attached hydrogen (secondary N) is 1. The van der Waals surface area contributed by atoms with Gasteiger partial charge in [-0.25, -0.2) is 8.42 Å². The summed E-state index contributed by atoms with van der Waals surface area (Å²) in [7, 11) is -3.19. The van der Waals surface area contributed by atoms with Crippen LogP contribution in [0.5, 0.6) is 0 Å². The highest BCUT2D eigenvalue weighted by Crippen LogP contribution is 2.15. The molecule has 1 saturated heterocycles. The molecule has 0 radical (unpaired) electrons. The van der Waals surface area contributed by atoms with Crippen molar-refractivity contribution in [3.63, 3.8) is 0 Å². The number of sulfonamides is 1. The van der Waals surface area contributed by atoms with Gasteiger partial charge in [0, 0.05) is 19.1 Å². The number of morpholine rings is 1. The van der Waals surface area contributed by atoms with Gasteiger partial charge in [-0.15, -0.1) is 0 Å². The van der Waals surface area contributed by atoms with E-state index < -0.39 is 10.0 Å². The fourth-order valence-electron chi connectivity index (χ4n) is 1.77. The van der Waals surface area contributed by atoms with E-state index in [1.54, 1.807) is 11.2 Å². The summed E-state index contributed by atoms with van der Waals surface area (Å²) in [6, 6.07) is -0.0529. The van der Waals surface area contributed by atoms with Crippen molar-refractivity contribution in [2.45, 2.75) is 32.1 Å². The Balaban J connectivity index is 2.67. The third kappa shape index (κ3) is 3.16. The fourth-order valence-corrected chi connectivity index (χ4v) is 3.46. The first-order valence-corrected chi connectivity index (χ1v) is 7.29. The Hall–Kier alpha value is -0.170. The molecule has 0 aromatic heterocycles. The molecular formula is C10H22N2O3S. The summed E-state index contributed by atoms with van der Waals surface area (Å²) in [6.45, 7) is 8.36. The second kappa shape index (κ2) is 5.95. The number of hydrogen-bond donors (Lipinski definition) is 1. The lowest BCUT2D eigenvalue weighted by Gasteiger charge is -2.34. The van der Waals surface area contributed by atoms with Gasteiger partial charge in [0.05, 0.1) is 18.5 Å². The molecule has 0 bridgehead atoms. The van der Waals surface area contributed by atoms with Crippen LogP contribution >= 0.6 is 0 Å². The quantitative estimate of drug-likeness (QED) is 0.748. The van der Waals surface area contributed by atoms with Crippen LogP contribution in [0.1, 0.15) is 20.8 Å². The number of rotatable bonds is 5. The van der Waals surface area contributed by atoms with Crippen molar-refractivity contribution in [1.82, 2.24) is 9.62 Å². The lowest BCUT2D eigenvalue weighted by molar-refractivity contribution is 0.0389. The Bertz CT molecular complexity index is 305. The van der Waals surface area contributed by atoms with Crippen LogP contribution in [-0.4, -0.2) is 56.9 Å². The highest BCUT2D eigenvalue weighted by molar-refractivity contribution is 7.89. The molecular weight excluding hydrogens is 228 g/mol. The van der Waals surface area contributed by atoms with Crippen molar-refractivity contribution in [1.29, 1.82) is 0 Å². The minimum absolute atomic E-state index is 0.0529. The van der Waals surface area contributed by atoms with Crippen LogP contribution in [0.3, 0.4) is 0 Å². The van der Waals surface area contributed by atoms with Gasteiger partial charge >= 0.3 is 0 Å². The molecule has 1 heterocycles. The highest BCUT2D eigenvalue weighted by atomic mass is 32.2. The van der Waals surface area contributed by atoms with Gasteiger partial charge in [-0.05, 0) is 20.4 Å². The Kier molecular flexibility index (Phi) is 5.17. The largest absolute Gasteiger partial charge is 0.378 e. The number of hydrogen-bond acceptors (Lipinski definition) is 4. The van der Waals surface area contributed by atoms with Crippen molar-refractivity contribution in [2.24, 2.45) is 0 Å². The molecule has 6 heteroatoms. The van der Waals surface area contributed by atoms with E-state index in [2.05, 4.69) is 5.32 Å². The third-order valence-corrected chi connectivity index (χ3v) is 5.20. The average Bonchev–Trinajstić information content (AvgIpc) is 2.26. The van der Waals surface area contributed by atoms with Crippen molar-refractivity contribution in [3.8, 4) is 0 Å². The second-order valence-corrected chi connectivity index (χ2v) is 6.50. The average molecular weight is 250 g/mol. The summed E-state index contributed by atoms with van der Waals surface area (Å²) in [5.41, 5.74) is 0. The first-order valence-electron chi connectivity index (χ1n) is 5.79. The molecule has 5 nitrogen and oxygen atoms in total. The van der Waals surface area contributed by atoms with Crippen LogP contribution in [0.25, 0.3) is 0 Å². The summed E-state index contributed by atoms with van der Waals surface area (Å²) < 4.78 is 31.3. The minimum atomic E-state index is -3.19. The molecule has 0 aromatic carbocycles. The predicted molar refractivity (Wildman–Crippen MR) is 63.9 cm³/mol. The van der Waals surface area contributed by atoms with Gasteiger partial charge in [0.15, 0.2) is 0 Å². The van der Waals surface area contributed by atoms with Gasteiger partial charge < -0.3 is 10.1 Å². The van der Waals surface area contributed by atoms with Gasteiger partial charge in [0.2, 0.25) is 10.0 Å². The normalized spacial score (nSPS) is 25.6. The molecule has 0 saturated carbocycles. The van der Waals surface area contributed by atoms with Crippen LogP contribution in [0.15, 0.2) is 0 Å². The van der Waals surface area contributed by atoms with Crippen molar-refractivity contribution in [2.75, 3.05) is 32.8 Å². The first kappa shape index (κ1) is 13.9. The summed E-state index contributed by atoms with van der Waals surface area (Å²) in [5, 5.41) is 2.69. The minimum Gasteiger partial charge on any atom is -0.378 e. The fraction of sp³-hybridized carbons (Fsp3) is 1.00. The van der Waals surface area contributed by atoms with Gasteiger partial charge in [-0.2, -0.15) is 4.31 Å². The summed E-state index contributed by atoms with van der Waals surface area (Å²) in [4.78, 5) is 0. The van der Waals surface area contributed by atoms with Crippen LogP contribution in [0, 0.1) is 0 Å². The molecule has 1 aliphatic rings. The SMILES string of the molecule is CCNCC(C)S(=O)(=O)N1CCOCC1C. The van der Waals surface area contributed by atoms with E-state index in [0.717, 1.165) is 6.54 Å². The Labute approximate surface area is 98.2 Å². The molecule has 0 spiro atoms. The van der Waals surface area contributed by atoms with E-state index in [9.17, 15) is 8.42 Å². The highest BCUT2D eigenvalue weighted by Gasteiger charge is 2.33. The zero-order chi connectivity index (χ0) is 12.2. The van der Waals surface area contributed by atoms with Gasteiger partial charge in [-0.1, -0.05) is 6.92 Å². The summed E-state index contributed by atoms with van der Waals surface area (Å²) in [6.07, 6.45) is 0. The molecule has 0 aromatic rings. The maximum Gasteiger partial charge on any atom is 0.218 e. The van der Waals surface area contributed by atoms with Crippen LogP contribution < -0.4 is 5.32 Å². The van der Waals surface area contributed by atoms with Crippen molar-refractivity contribution >= 4 is 10.0 Å². The zero-order valence-electron chi connectivity index (χ0n) is 10.3. The monoisotopic (exact) mass is 250 g/mol. The molecule has 0 amide bonds. The molecule has 2 unspecified atom stereocenters. The summed E-state index contributed by atoms with van der Waals surface area (Å²) in [5.74, 6) is 0. The number of nitrogens with zero attached hydrogens (tertiary/aromatic N) is 1. The molecule has 1 aliphatic heterocycles. The molecule has 1 rings (SSSR count). The van der Waals surface area contributed by atoms with Gasteiger partial charge in [-0.3, -0.25) is 0 Å². The van der Waals surface area contributed by atoms with E-state index in [1.807, 2.05) is 13.8 Å². The molecule has 1 N–H and O–H groups in total. The van der Waals surface area contributed by atoms with Crippen molar-refractivity contribution < 1.29 is 13.2 Å². The van der Waals surface area contributed by atoms with Gasteiger partial charge in [0.25, 0.3) is 0 Å². The molecule has 16 heavy (non-hydrogen) atoms. The third-order valence-electron chi connectivity index (χ3n) is 2.82. The molecule has 2 atom stereocenters. The smallest absolute Gasteiger partial charge is 0.218 e. The standard InChI is InChI=1S/C10H22N2O3S/c1-4-11-7-10(3)16(13,14)12-5-6-15-8-9(12)2/h9-11H,4-8H2,1-3H3. The predicted octanol–water partition coefficient (Wildman–Crippen LogP) is 0.0349. The lowest BCUT2D eigenvalue weighted by atomic mass is 10.3. The maximum absolute atomic E-state index is 12.2. The zero-order valence-corrected chi connectivity index (χ0v) is 11.1. The van der Waals surface area contributed by atoms with E-state index >= 15 is 0 Å². The molecule has 1 fully saturated rings. The van der Waals surface area contributed by atoms with Crippen molar-refractivity contribution in [3.05, 3.63) is 0 Å². The summed E-state index contributed by atoms with van der Waals surface area (Å²) >= 11 is 0. The number of ether oxygens (including phenoxy) is 1. The van der Waals surface area contributed by atoms with E-state index in [1.165, 1.54) is 0 Å². The Morgan fingerprint density at radius 3 is 2.81 bits per heavy atom. The lowest BCUT2D eigenvalue weighted by Crippen LogP contribution is -2.51. The van der Waals surface area contributed by atoms with Crippen LogP contribution in [0.4, 0.5) is 0 Å². The topological polar surface area (TPSA) is 58.6 Å². The second-order valence-electron chi connectivity index (χ2n) is 4.20.